The molecule has 1 amide bonds. The number of halogens is 1. The van der Waals surface area contributed by atoms with Gasteiger partial charge >= 0.3 is 0 Å². The van der Waals surface area contributed by atoms with E-state index >= 15 is 0 Å². The van der Waals surface area contributed by atoms with Gasteiger partial charge in [0.05, 0.1) is 13.2 Å². The molecule has 0 radical (unpaired) electrons. The van der Waals surface area contributed by atoms with E-state index in [4.69, 9.17) is 9.47 Å². The monoisotopic (exact) mass is 395 g/mol. The first kappa shape index (κ1) is 14.2. The van der Waals surface area contributed by atoms with Gasteiger partial charge in [0.15, 0.2) is 11.5 Å². The molecule has 1 heterocycles. The molecule has 1 N–H and O–H groups in total. The van der Waals surface area contributed by atoms with Crippen LogP contribution in [0.5, 0.6) is 11.5 Å². The molecule has 2 aromatic rings. The molecule has 0 saturated heterocycles. The van der Waals surface area contributed by atoms with Crippen LogP contribution >= 0.6 is 22.6 Å². The minimum atomic E-state index is -0.136. The molecule has 5 heteroatoms. The Labute approximate surface area is 136 Å². The summed E-state index contributed by atoms with van der Waals surface area (Å²) < 4.78 is 12.2. The molecule has 3 rings (SSSR count). The Morgan fingerprint density at radius 3 is 2.67 bits per heavy atom. The van der Waals surface area contributed by atoms with Gasteiger partial charge < -0.3 is 14.8 Å². The molecule has 0 spiro atoms. The maximum absolute atomic E-state index is 12.2. The number of amides is 1. The summed E-state index contributed by atoms with van der Waals surface area (Å²) in [5.74, 6) is 1.26. The first-order valence-electron chi connectivity index (χ1n) is 6.69. The van der Waals surface area contributed by atoms with Crippen LogP contribution in [0.2, 0.25) is 0 Å². The van der Waals surface area contributed by atoms with Crippen LogP contribution in [0.3, 0.4) is 0 Å². The lowest BCUT2D eigenvalue weighted by Crippen LogP contribution is -2.12. The summed E-state index contributed by atoms with van der Waals surface area (Å²) >= 11 is 2.19. The molecule has 4 nitrogen and oxygen atoms in total. The van der Waals surface area contributed by atoms with E-state index in [1.54, 1.807) is 12.1 Å². The van der Waals surface area contributed by atoms with Gasteiger partial charge in [0.2, 0.25) is 0 Å². The zero-order valence-electron chi connectivity index (χ0n) is 11.3. The molecule has 2 aromatic carbocycles. The standard InChI is InChI=1S/C16H14INO3/c17-12-4-1-3-11(9-12)16(19)18-13-5-6-14-15(10-13)21-8-2-7-20-14/h1,3-6,9-10H,2,7-8H2,(H,18,19). The molecule has 108 valence electrons. The van der Waals surface area contributed by atoms with Gasteiger partial charge in [-0.1, -0.05) is 6.07 Å². The van der Waals surface area contributed by atoms with E-state index in [1.165, 1.54) is 0 Å². The number of benzene rings is 2. The normalized spacial score (nSPS) is 13.4. The Hall–Kier alpha value is -1.76. The summed E-state index contributed by atoms with van der Waals surface area (Å²) in [6.45, 7) is 1.28. The second-order valence-corrected chi connectivity index (χ2v) is 5.92. The number of carbonyl (C=O) groups is 1. The van der Waals surface area contributed by atoms with Crippen LogP contribution in [0.15, 0.2) is 42.5 Å². The summed E-state index contributed by atoms with van der Waals surface area (Å²) in [5, 5.41) is 2.88. The Morgan fingerprint density at radius 2 is 1.86 bits per heavy atom. The highest BCUT2D eigenvalue weighted by Crippen LogP contribution is 2.32. The van der Waals surface area contributed by atoms with Gasteiger partial charge in [-0.05, 0) is 52.9 Å². The molecule has 0 unspecified atom stereocenters. The predicted molar refractivity (Wildman–Crippen MR) is 89.2 cm³/mol. The molecule has 1 aliphatic heterocycles. The first-order chi connectivity index (χ1) is 10.2. The number of rotatable bonds is 2. The quantitative estimate of drug-likeness (QED) is 0.789. The molecule has 0 aliphatic carbocycles. The first-order valence-corrected chi connectivity index (χ1v) is 7.77. The summed E-state index contributed by atoms with van der Waals surface area (Å²) in [4.78, 5) is 12.2. The van der Waals surface area contributed by atoms with Gasteiger partial charge in [0, 0.05) is 27.3 Å². The van der Waals surface area contributed by atoms with E-state index in [9.17, 15) is 4.79 Å². The smallest absolute Gasteiger partial charge is 0.255 e. The molecule has 0 fully saturated rings. The molecule has 0 bridgehead atoms. The van der Waals surface area contributed by atoms with Crippen molar-refractivity contribution in [2.24, 2.45) is 0 Å². The predicted octanol–water partition coefficient (Wildman–Crippen LogP) is 3.70. The van der Waals surface area contributed by atoms with E-state index in [0.29, 0.717) is 30.2 Å². The van der Waals surface area contributed by atoms with Crippen LogP contribution in [0.25, 0.3) is 0 Å². The highest BCUT2D eigenvalue weighted by atomic mass is 127. The fraction of sp³-hybridized carbons (Fsp3) is 0.188. The Bertz CT molecular complexity index is 672. The van der Waals surface area contributed by atoms with Crippen molar-refractivity contribution in [3.05, 3.63) is 51.6 Å². The zero-order chi connectivity index (χ0) is 14.7. The summed E-state index contributed by atoms with van der Waals surface area (Å²) in [6, 6.07) is 12.9. The van der Waals surface area contributed by atoms with Crippen LogP contribution in [0, 0.1) is 3.57 Å². The lowest BCUT2D eigenvalue weighted by atomic mass is 10.2. The summed E-state index contributed by atoms with van der Waals surface area (Å²) in [6.07, 6.45) is 0.860. The van der Waals surface area contributed by atoms with Crippen LogP contribution in [0.1, 0.15) is 16.8 Å². The maximum atomic E-state index is 12.2. The maximum Gasteiger partial charge on any atom is 0.255 e. The SMILES string of the molecule is O=C(Nc1ccc2c(c1)OCCCO2)c1cccc(I)c1. The van der Waals surface area contributed by atoms with Crippen molar-refractivity contribution >= 4 is 34.2 Å². The number of nitrogens with one attached hydrogen (secondary N) is 1. The van der Waals surface area contributed by atoms with E-state index in [1.807, 2.05) is 30.3 Å². The third-order valence-electron chi connectivity index (χ3n) is 3.09. The van der Waals surface area contributed by atoms with Gasteiger partial charge in [-0.15, -0.1) is 0 Å². The highest BCUT2D eigenvalue weighted by Gasteiger charge is 2.12. The van der Waals surface area contributed by atoms with Crippen molar-refractivity contribution in [3.8, 4) is 11.5 Å². The van der Waals surface area contributed by atoms with Gasteiger partial charge in [0.25, 0.3) is 5.91 Å². The minimum Gasteiger partial charge on any atom is -0.490 e. The fourth-order valence-corrected chi connectivity index (χ4v) is 2.62. The number of fused-ring (bicyclic) bond motifs is 1. The highest BCUT2D eigenvalue weighted by molar-refractivity contribution is 14.1. The Kier molecular flexibility index (Phi) is 4.28. The van der Waals surface area contributed by atoms with Gasteiger partial charge in [0.1, 0.15) is 0 Å². The largest absolute Gasteiger partial charge is 0.490 e. The van der Waals surface area contributed by atoms with Crippen LogP contribution in [-0.4, -0.2) is 19.1 Å². The molecule has 21 heavy (non-hydrogen) atoms. The number of ether oxygens (including phenoxy) is 2. The van der Waals surface area contributed by atoms with Crippen molar-refractivity contribution in [2.75, 3.05) is 18.5 Å². The van der Waals surface area contributed by atoms with Crippen LogP contribution < -0.4 is 14.8 Å². The summed E-state index contributed by atoms with van der Waals surface area (Å²) in [5.41, 5.74) is 1.33. The van der Waals surface area contributed by atoms with E-state index < -0.39 is 0 Å². The van der Waals surface area contributed by atoms with Crippen LogP contribution in [0.4, 0.5) is 5.69 Å². The summed E-state index contributed by atoms with van der Waals surface area (Å²) in [7, 11) is 0. The number of hydrogen-bond donors (Lipinski definition) is 1. The number of hydrogen-bond acceptors (Lipinski definition) is 3. The van der Waals surface area contributed by atoms with Gasteiger partial charge in [-0.25, -0.2) is 0 Å². The van der Waals surface area contributed by atoms with Crippen LogP contribution in [-0.2, 0) is 0 Å². The lowest BCUT2D eigenvalue weighted by Gasteiger charge is -2.10. The molecular weight excluding hydrogens is 381 g/mol. The van der Waals surface area contributed by atoms with Gasteiger partial charge in [-0.3, -0.25) is 4.79 Å². The molecule has 1 aliphatic rings. The average molecular weight is 395 g/mol. The lowest BCUT2D eigenvalue weighted by molar-refractivity contribution is 0.102. The number of anilines is 1. The van der Waals surface area contributed by atoms with Crippen molar-refractivity contribution in [3.63, 3.8) is 0 Å². The Morgan fingerprint density at radius 1 is 1.05 bits per heavy atom. The molecule has 0 saturated carbocycles. The Balaban J connectivity index is 1.79. The van der Waals surface area contributed by atoms with E-state index in [2.05, 4.69) is 27.9 Å². The van der Waals surface area contributed by atoms with Crippen molar-refractivity contribution in [1.82, 2.24) is 0 Å². The second kappa shape index (κ2) is 6.34. The van der Waals surface area contributed by atoms with Gasteiger partial charge in [-0.2, -0.15) is 0 Å². The topological polar surface area (TPSA) is 47.6 Å². The third kappa shape index (κ3) is 3.47. The van der Waals surface area contributed by atoms with E-state index in [-0.39, 0.29) is 5.91 Å². The minimum absolute atomic E-state index is 0.136. The average Bonchev–Trinajstić information content (AvgIpc) is 2.72. The fourth-order valence-electron chi connectivity index (χ4n) is 2.07. The zero-order valence-corrected chi connectivity index (χ0v) is 13.4. The number of carbonyl (C=O) groups excluding carboxylic acids is 1. The third-order valence-corrected chi connectivity index (χ3v) is 3.76. The second-order valence-electron chi connectivity index (χ2n) is 4.68. The molecule has 0 atom stereocenters. The van der Waals surface area contributed by atoms with Crippen molar-refractivity contribution < 1.29 is 14.3 Å². The van der Waals surface area contributed by atoms with Crippen molar-refractivity contribution in [1.29, 1.82) is 0 Å². The molecular formula is C16H14INO3. The van der Waals surface area contributed by atoms with Crippen molar-refractivity contribution in [2.45, 2.75) is 6.42 Å². The molecule has 0 aromatic heterocycles. The van der Waals surface area contributed by atoms with E-state index in [0.717, 1.165) is 15.7 Å².